The van der Waals surface area contributed by atoms with Gasteiger partial charge < -0.3 is 50.0 Å². The molecule has 10 heteroatoms. The first-order valence-corrected chi connectivity index (χ1v) is 18.2. The Morgan fingerprint density at radius 3 is 1.58 bits per heavy atom. The Labute approximate surface area is 315 Å². The molecule has 2 aromatic carbocycles. The van der Waals surface area contributed by atoms with Gasteiger partial charge in [-0.2, -0.15) is 0 Å². The number of rotatable bonds is 22. The molecule has 2 aromatic rings. The highest BCUT2D eigenvalue weighted by Crippen LogP contribution is 2.17. The summed E-state index contributed by atoms with van der Waals surface area (Å²) in [5, 5.41) is 25.9. The molecule has 0 bridgehead atoms. The van der Waals surface area contributed by atoms with Crippen LogP contribution in [0.25, 0.3) is 0 Å². The van der Waals surface area contributed by atoms with E-state index in [2.05, 4.69) is 37.8 Å². The van der Waals surface area contributed by atoms with Crippen LogP contribution < -0.4 is 9.47 Å². The lowest BCUT2D eigenvalue weighted by atomic mass is 10.1. The fourth-order valence-corrected chi connectivity index (χ4v) is 4.42. The maximum atomic E-state index is 9.76. The summed E-state index contributed by atoms with van der Waals surface area (Å²) in [5.41, 5.74) is 2.31. The van der Waals surface area contributed by atoms with Gasteiger partial charge in [-0.15, -0.1) is 11.8 Å². The molecular weight excluding hydrogens is 664 g/mol. The van der Waals surface area contributed by atoms with E-state index >= 15 is 0 Å². The van der Waals surface area contributed by atoms with Crippen molar-refractivity contribution in [2.24, 2.45) is 0 Å². The molecule has 0 unspecified atom stereocenters. The molecular formula is C42H72O10. The number of ether oxygens (including phenoxy) is 5. The average Bonchev–Trinajstić information content (AvgIpc) is 3.06. The Kier molecular flexibility index (Phi) is 34.7. The van der Waals surface area contributed by atoms with Crippen LogP contribution in [0.5, 0.6) is 11.5 Å². The van der Waals surface area contributed by atoms with Gasteiger partial charge in [0.25, 0.3) is 0 Å². The molecule has 52 heavy (non-hydrogen) atoms. The van der Waals surface area contributed by atoms with Crippen LogP contribution in [-0.4, -0.2) is 71.4 Å². The molecule has 1 atom stereocenters. The molecule has 0 aliphatic rings. The van der Waals surface area contributed by atoms with E-state index in [0.717, 1.165) is 62.2 Å². The number of allylic oxidation sites excluding steroid dienone is 1. The van der Waals surface area contributed by atoms with Crippen molar-refractivity contribution in [1.29, 1.82) is 0 Å². The fourth-order valence-electron chi connectivity index (χ4n) is 4.42. The lowest BCUT2D eigenvalue weighted by Crippen LogP contribution is -2.30. The van der Waals surface area contributed by atoms with Crippen molar-refractivity contribution in [1.82, 2.24) is 0 Å². The Hall–Kier alpha value is -2.98. The topological polar surface area (TPSA) is 170 Å². The molecule has 0 saturated heterocycles. The van der Waals surface area contributed by atoms with E-state index < -0.39 is 11.6 Å². The average molecular weight is 737 g/mol. The molecule has 7 N–H and O–H groups in total. The van der Waals surface area contributed by atoms with Gasteiger partial charge in [-0.1, -0.05) is 75.9 Å². The van der Waals surface area contributed by atoms with Crippen molar-refractivity contribution in [3.63, 3.8) is 0 Å². The van der Waals surface area contributed by atoms with Crippen molar-refractivity contribution < 1.29 is 50.0 Å². The van der Waals surface area contributed by atoms with E-state index in [1.54, 1.807) is 28.1 Å². The van der Waals surface area contributed by atoms with Crippen LogP contribution in [0.3, 0.4) is 0 Å². The van der Waals surface area contributed by atoms with E-state index in [9.17, 15) is 5.11 Å². The van der Waals surface area contributed by atoms with Crippen molar-refractivity contribution >= 4 is 0 Å². The molecule has 0 aliphatic heterocycles. The first-order valence-electron chi connectivity index (χ1n) is 18.2. The number of hydrogen-bond acceptors (Lipinski definition) is 8. The van der Waals surface area contributed by atoms with Gasteiger partial charge in [0.2, 0.25) is 0 Å². The minimum absolute atomic E-state index is 0. The SMILES string of the molecule is CC(C)(O)O.CCCCCC/C=C\CCOCc1ccc(OC)cc1.CCC[C@@H](CCC#CCCOCc1ccc(OC)cc1)OC(C)(C)O.O.O. The summed E-state index contributed by atoms with van der Waals surface area (Å²) < 4.78 is 27.2. The zero-order valence-corrected chi connectivity index (χ0v) is 33.3. The minimum atomic E-state index is -1.50. The Balaban J connectivity index is -0.000000802. The lowest BCUT2D eigenvalue weighted by Gasteiger charge is -2.25. The summed E-state index contributed by atoms with van der Waals surface area (Å²) >= 11 is 0. The third kappa shape index (κ3) is 36.8. The monoisotopic (exact) mass is 737 g/mol. The molecule has 300 valence electrons. The van der Waals surface area contributed by atoms with E-state index in [0.29, 0.717) is 19.8 Å². The summed E-state index contributed by atoms with van der Waals surface area (Å²) in [5.74, 6) is 5.46. The maximum absolute atomic E-state index is 9.76. The summed E-state index contributed by atoms with van der Waals surface area (Å²) in [7, 11) is 3.34. The molecule has 0 fully saturated rings. The van der Waals surface area contributed by atoms with E-state index in [-0.39, 0.29) is 17.1 Å². The summed E-state index contributed by atoms with van der Waals surface area (Å²) in [4.78, 5) is 0. The van der Waals surface area contributed by atoms with Gasteiger partial charge in [-0.05, 0) is 95.2 Å². The highest BCUT2D eigenvalue weighted by Gasteiger charge is 2.19. The first-order chi connectivity index (χ1) is 23.8. The zero-order chi connectivity index (χ0) is 37.5. The van der Waals surface area contributed by atoms with Gasteiger partial charge in [0.15, 0.2) is 11.6 Å². The van der Waals surface area contributed by atoms with E-state index in [1.807, 2.05) is 48.5 Å². The molecule has 0 aromatic heterocycles. The first kappa shape index (κ1) is 53.4. The molecule has 10 nitrogen and oxygen atoms in total. The molecule has 0 spiro atoms. The second-order valence-electron chi connectivity index (χ2n) is 13.0. The molecule has 0 heterocycles. The van der Waals surface area contributed by atoms with Crippen LogP contribution in [0.15, 0.2) is 60.7 Å². The largest absolute Gasteiger partial charge is 0.497 e. The van der Waals surface area contributed by atoms with Crippen LogP contribution in [0.4, 0.5) is 0 Å². The van der Waals surface area contributed by atoms with E-state index in [1.165, 1.54) is 51.5 Å². The molecule has 0 aliphatic carbocycles. The van der Waals surface area contributed by atoms with Crippen LogP contribution in [0.1, 0.15) is 123 Å². The third-order valence-electron chi connectivity index (χ3n) is 6.83. The maximum Gasteiger partial charge on any atom is 0.160 e. The molecule has 0 radical (unpaired) electrons. The Morgan fingerprint density at radius 2 is 1.12 bits per heavy atom. The van der Waals surface area contributed by atoms with Crippen LogP contribution in [0.2, 0.25) is 0 Å². The van der Waals surface area contributed by atoms with Crippen LogP contribution in [0, 0.1) is 11.8 Å². The van der Waals surface area contributed by atoms with E-state index in [4.69, 9.17) is 33.9 Å². The van der Waals surface area contributed by atoms with Gasteiger partial charge >= 0.3 is 0 Å². The van der Waals surface area contributed by atoms with Gasteiger partial charge in [0.1, 0.15) is 11.5 Å². The zero-order valence-electron chi connectivity index (χ0n) is 33.3. The highest BCUT2D eigenvalue weighted by atomic mass is 16.6. The van der Waals surface area contributed by atoms with Crippen molar-refractivity contribution in [2.45, 2.75) is 143 Å². The Morgan fingerprint density at radius 1 is 0.635 bits per heavy atom. The Bertz CT molecular complexity index is 1140. The second-order valence-corrected chi connectivity index (χ2v) is 13.0. The number of benzene rings is 2. The lowest BCUT2D eigenvalue weighted by molar-refractivity contribution is -0.207. The van der Waals surface area contributed by atoms with Gasteiger partial charge in [-0.3, -0.25) is 0 Å². The third-order valence-corrected chi connectivity index (χ3v) is 6.83. The molecule has 0 amide bonds. The quantitative estimate of drug-likeness (QED) is 0.0483. The van der Waals surface area contributed by atoms with Crippen molar-refractivity contribution in [3.05, 3.63) is 71.8 Å². The second kappa shape index (κ2) is 33.8. The smallest absolute Gasteiger partial charge is 0.160 e. The van der Waals surface area contributed by atoms with Gasteiger partial charge in [0, 0.05) is 12.8 Å². The van der Waals surface area contributed by atoms with Crippen LogP contribution >= 0.6 is 0 Å². The highest BCUT2D eigenvalue weighted by molar-refractivity contribution is 5.27. The standard InChI is InChI=1S/C21H32O4.C18H28O2.C3H8O2.2H2O/c1-5-10-20(25-21(2,3)22)11-8-6-7-9-16-24-17-18-12-14-19(23-4)15-13-18;1-3-4-5-6-7-8-9-10-15-20-16-17-11-13-18(19-2)14-12-17;1-3(2,4)5;;/h12-15,20,22H,5,8-11,16-17H2,1-4H3;8-9,11-14H,3-7,10,15-16H2,1-2H3;4-5H,1-2H3;2*1H2/b;9-8-;;;/t20-;;;;/m0..../s1. The normalized spacial score (nSPS) is 11.4. The molecule has 0 saturated carbocycles. The van der Waals surface area contributed by atoms with Gasteiger partial charge in [0.05, 0.1) is 46.8 Å². The summed E-state index contributed by atoms with van der Waals surface area (Å²) in [6.07, 6.45) is 16.5. The van der Waals surface area contributed by atoms with Gasteiger partial charge in [-0.25, -0.2) is 0 Å². The summed E-state index contributed by atoms with van der Waals surface area (Å²) in [6.45, 7) is 13.0. The van der Waals surface area contributed by atoms with Crippen molar-refractivity contribution in [2.75, 3.05) is 27.4 Å². The predicted octanol–water partition coefficient (Wildman–Crippen LogP) is 7.49. The predicted molar refractivity (Wildman–Crippen MR) is 211 cm³/mol. The minimum Gasteiger partial charge on any atom is -0.497 e. The number of methoxy groups -OCH3 is 2. The fraction of sp³-hybridized carbons (Fsp3) is 0.619. The number of hydrogen-bond donors (Lipinski definition) is 3. The summed E-state index contributed by atoms with van der Waals surface area (Å²) in [6, 6.07) is 15.9. The van der Waals surface area contributed by atoms with Crippen LogP contribution in [-0.2, 0) is 27.4 Å². The molecule has 2 rings (SSSR count). The number of unbranched alkanes of at least 4 members (excludes halogenated alkanes) is 4. The van der Waals surface area contributed by atoms with Crippen molar-refractivity contribution in [3.8, 4) is 23.3 Å². The number of aliphatic hydroxyl groups is 3.